The maximum absolute atomic E-state index is 12.8. The fourth-order valence-electron chi connectivity index (χ4n) is 2.96. The van der Waals surface area contributed by atoms with Gasteiger partial charge in [-0.25, -0.2) is 4.98 Å². The molecule has 1 aromatic heterocycles. The summed E-state index contributed by atoms with van der Waals surface area (Å²) in [7, 11) is 0. The number of alkyl halides is 3. The van der Waals surface area contributed by atoms with Gasteiger partial charge in [-0.3, -0.25) is 4.79 Å². The molecule has 0 bridgehead atoms. The molecule has 3 rings (SSSR count). The third kappa shape index (κ3) is 3.08. The van der Waals surface area contributed by atoms with Crippen LogP contribution in [0.2, 0.25) is 0 Å². The second kappa shape index (κ2) is 5.62. The molecule has 22 heavy (non-hydrogen) atoms. The molecule has 1 saturated carbocycles. The zero-order chi connectivity index (χ0) is 15.7. The number of nitrogens with one attached hydrogen (secondary N) is 2. The molecule has 0 aliphatic heterocycles. The number of nitrogens with zero attached hydrogens (tertiary/aromatic N) is 1. The van der Waals surface area contributed by atoms with Crippen LogP contribution in [0.15, 0.2) is 24.5 Å². The number of fused-ring (bicyclic) bond motifs is 1. The Bertz CT molecular complexity index is 680. The van der Waals surface area contributed by atoms with Crippen LogP contribution in [0.1, 0.15) is 36.0 Å². The predicted octanol–water partition coefficient (Wildman–Crippen LogP) is 3.41. The van der Waals surface area contributed by atoms with E-state index >= 15 is 0 Å². The average molecular weight is 311 g/mol. The van der Waals surface area contributed by atoms with Crippen molar-refractivity contribution in [1.82, 2.24) is 15.3 Å². The first-order valence-corrected chi connectivity index (χ1v) is 7.24. The van der Waals surface area contributed by atoms with Crippen LogP contribution in [0.5, 0.6) is 0 Å². The topological polar surface area (TPSA) is 57.8 Å². The van der Waals surface area contributed by atoms with Gasteiger partial charge < -0.3 is 10.3 Å². The van der Waals surface area contributed by atoms with Crippen molar-refractivity contribution in [3.63, 3.8) is 0 Å². The number of hydrogen-bond acceptors (Lipinski definition) is 2. The van der Waals surface area contributed by atoms with Gasteiger partial charge >= 0.3 is 6.18 Å². The zero-order valence-corrected chi connectivity index (χ0v) is 11.8. The number of aromatic nitrogens is 2. The first-order chi connectivity index (χ1) is 10.4. The molecule has 1 aliphatic rings. The lowest BCUT2D eigenvalue weighted by atomic mass is 9.85. The average Bonchev–Trinajstić information content (AvgIpc) is 2.94. The molecule has 1 fully saturated rings. The molecular weight excluding hydrogens is 295 g/mol. The van der Waals surface area contributed by atoms with Crippen molar-refractivity contribution in [3.8, 4) is 0 Å². The molecule has 1 aliphatic carbocycles. The van der Waals surface area contributed by atoms with Gasteiger partial charge in [-0.05, 0) is 37.5 Å². The van der Waals surface area contributed by atoms with Crippen LogP contribution < -0.4 is 5.32 Å². The number of carbonyl (C=O) groups excluding carboxylic acids is 1. The van der Waals surface area contributed by atoms with Crippen molar-refractivity contribution in [2.45, 2.75) is 37.9 Å². The SMILES string of the molecule is O=C(N[C@H]1CCC[C@H](C(F)(F)F)C1)c1ccc2nc[nH]c2c1. The standard InChI is InChI=1S/C15H16F3N3O/c16-15(17,18)10-2-1-3-11(7-10)21-14(22)9-4-5-12-13(6-9)20-8-19-12/h4-6,8,10-11H,1-3,7H2,(H,19,20)(H,21,22)/t10-,11-/m0/s1. The fraction of sp³-hybridized carbons (Fsp3) is 0.467. The van der Waals surface area contributed by atoms with Crippen LogP contribution in [-0.4, -0.2) is 28.1 Å². The number of benzene rings is 1. The summed E-state index contributed by atoms with van der Waals surface area (Å²) in [6.07, 6.45) is -1.48. The highest BCUT2D eigenvalue weighted by Crippen LogP contribution is 2.37. The molecular formula is C15H16F3N3O. The van der Waals surface area contributed by atoms with Crippen molar-refractivity contribution in [2.24, 2.45) is 5.92 Å². The Morgan fingerprint density at radius 1 is 1.32 bits per heavy atom. The third-order valence-corrected chi connectivity index (χ3v) is 4.15. The Morgan fingerprint density at radius 3 is 2.91 bits per heavy atom. The normalized spacial score (nSPS) is 22.7. The Balaban J connectivity index is 1.68. The molecule has 118 valence electrons. The largest absolute Gasteiger partial charge is 0.391 e. The molecule has 1 amide bonds. The van der Waals surface area contributed by atoms with Gasteiger partial charge in [-0.15, -0.1) is 0 Å². The van der Waals surface area contributed by atoms with Crippen LogP contribution in [0.4, 0.5) is 13.2 Å². The molecule has 0 radical (unpaired) electrons. The summed E-state index contributed by atoms with van der Waals surface area (Å²) in [5.74, 6) is -1.66. The van der Waals surface area contributed by atoms with E-state index in [1.54, 1.807) is 18.2 Å². The van der Waals surface area contributed by atoms with E-state index in [1.807, 2.05) is 0 Å². The lowest BCUT2D eigenvalue weighted by molar-refractivity contribution is -0.183. The zero-order valence-electron chi connectivity index (χ0n) is 11.8. The summed E-state index contributed by atoms with van der Waals surface area (Å²) in [5.41, 5.74) is 1.89. The van der Waals surface area contributed by atoms with Crippen LogP contribution >= 0.6 is 0 Å². The van der Waals surface area contributed by atoms with Crippen LogP contribution in [0.3, 0.4) is 0 Å². The van der Waals surface area contributed by atoms with E-state index in [9.17, 15) is 18.0 Å². The van der Waals surface area contributed by atoms with Gasteiger partial charge in [0.2, 0.25) is 0 Å². The molecule has 2 atom stereocenters. The highest BCUT2D eigenvalue weighted by molar-refractivity contribution is 5.97. The molecule has 0 spiro atoms. The Labute approximate surface area is 125 Å². The molecule has 1 aromatic carbocycles. The molecule has 1 heterocycles. The van der Waals surface area contributed by atoms with Crippen molar-refractivity contribution >= 4 is 16.9 Å². The molecule has 0 unspecified atom stereocenters. The minimum atomic E-state index is -4.18. The minimum Gasteiger partial charge on any atom is -0.349 e. The fourth-order valence-corrected chi connectivity index (χ4v) is 2.96. The van der Waals surface area contributed by atoms with Crippen LogP contribution in [-0.2, 0) is 0 Å². The number of imidazole rings is 1. The molecule has 4 nitrogen and oxygen atoms in total. The minimum absolute atomic E-state index is 0.0401. The van der Waals surface area contributed by atoms with E-state index < -0.39 is 18.1 Å². The number of aromatic amines is 1. The maximum Gasteiger partial charge on any atom is 0.391 e. The monoisotopic (exact) mass is 311 g/mol. The molecule has 0 saturated heterocycles. The number of halogens is 3. The third-order valence-electron chi connectivity index (χ3n) is 4.15. The van der Waals surface area contributed by atoms with Crippen molar-refractivity contribution in [1.29, 1.82) is 0 Å². The first-order valence-electron chi connectivity index (χ1n) is 7.24. The van der Waals surface area contributed by atoms with Gasteiger partial charge in [-0.1, -0.05) is 6.42 Å². The predicted molar refractivity (Wildman–Crippen MR) is 75.4 cm³/mol. The number of hydrogen-bond donors (Lipinski definition) is 2. The maximum atomic E-state index is 12.8. The molecule has 2 aromatic rings. The van der Waals surface area contributed by atoms with Crippen LogP contribution in [0.25, 0.3) is 11.0 Å². The van der Waals surface area contributed by atoms with E-state index in [-0.39, 0.29) is 18.7 Å². The smallest absolute Gasteiger partial charge is 0.349 e. The first kappa shape index (κ1) is 14.9. The Hall–Kier alpha value is -2.05. The summed E-state index contributed by atoms with van der Waals surface area (Å²) in [6, 6.07) is 4.56. The van der Waals surface area contributed by atoms with Gasteiger partial charge in [0.25, 0.3) is 5.91 Å². The lowest BCUT2D eigenvalue weighted by Gasteiger charge is -2.31. The Morgan fingerprint density at radius 2 is 2.14 bits per heavy atom. The van der Waals surface area contributed by atoms with Crippen molar-refractivity contribution in [3.05, 3.63) is 30.1 Å². The highest BCUT2D eigenvalue weighted by atomic mass is 19.4. The van der Waals surface area contributed by atoms with E-state index in [0.717, 1.165) is 11.0 Å². The number of H-pyrrole nitrogens is 1. The van der Waals surface area contributed by atoms with Gasteiger partial charge in [0.05, 0.1) is 23.3 Å². The van der Waals surface area contributed by atoms with Crippen LogP contribution in [0, 0.1) is 5.92 Å². The second-order valence-electron chi connectivity index (χ2n) is 5.71. The number of amides is 1. The lowest BCUT2D eigenvalue weighted by Crippen LogP contribution is -2.41. The van der Waals surface area contributed by atoms with Gasteiger partial charge in [0, 0.05) is 11.6 Å². The highest BCUT2D eigenvalue weighted by Gasteiger charge is 2.42. The van der Waals surface area contributed by atoms with E-state index in [4.69, 9.17) is 0 Å². The van der Waals surface area contributed by atoms with Crippen molar-refractivity contribution in [2.75, 3.05) is 0 Å². The van der Waals surface area contributed by atoms with Crippen molar-refractivity contribution < 1.29 is 18.0 Å². The summed E-state index contributed by atoms with van der Waals surface area (Å²) < 4.78 is 38.4. The van der Waals surface area contributed by atoms with Gasteiger partial charge in [-0.2, -0.15) is 13.2 Å². The summed E-state index contributed by atoms with van der Waals surface area (Å²) in [6.45, 7) is 0. The summed E-state index contributed by atoms with van der Waals surface area (Å²) >= 11 is 0. The molecule has 2 N–H and O–H groups in total. The Kier molecular flexibility index (Phi) is 3.80. The van der Waals surface area contributed by atoms with E-state index in [2.05, 4.69) is 15.3 Å². The number of rotatable bonds is 2. The van der Waals surface area contributed by atoms with E-state index in [0.29, 0.717) is 18.4 Å². The number of carbonyl (C=O) groups is 1. The molecule has 7 heteroatoms. The second-order valence-corrected chi connectivity index (χ2v) is 5.71. The van der Waals surface area contributed by atoms with E-state index in [1.165, 1.54) is 6.33 Å². The van der Waals surface area contributed by atoms with Gasteiger partial charge in [0.15, 0.2) is 0 Å². The van der Waals surface area contributed by atoms with Gasteiger partial charge in [0.1, 0.15) is 0 Å². The summed E-state index contributed by atoms with van der Waals surface area (Å²) in [4.78, 5) is 19.2. The summed E-state index contributed by atoms with van der Waals surface area (Å²) in [5, 5.41) is 2.72. The quantitative estimate of drug-likeness (QED) is 0.893.